The van der Waals surface area contributed by atoms with Gasteiger partial charge >= 0.3 is 5.97 Å². The first-order valence-electron chi connectivity index (χ1n) is 7.71. The van der Waals surface area contributed by atoms with Gasteiger partial charge in [0.25, 0.3) is 0 Å². The molecule has 1 saturated carbocycles. The van der Waals surface area contributed by atoms with E-state index in [2.05, 4.69) is 17.2 Å². The lowest BCUT2D eigenvalue weighted by Crippen LogP contribution is -2.26. The number of thioether (sulfide) groups is 1. The van der Waals surface area contributed by atoms with Gasteiger partial charge in [-0.25, -0.2) is 4.98 Å². The van der Waals surface area contributed by atoms with E-state index in [1.807, 2.05) is 24.1 Å². The van der Waals surface area contributed by atoms with Crippen LogP contribution in [0.4, 0.5) is 5.13 Å². The van der Waals surface area contributed by atoms with Gasteiger partial charge in [-0.05, 0) is 25.5 Å². The number of hydrogen-bond donors (Lipinski definition) is 1. The molecule has 0 radical (unpaired) electrons. The van der Waals surface area contributed by atoms with Gasteiger partial charge in [-0.1, -0.05) is 13.3 Å². The number of aromatic nitrogens is 1. The third-order valence-electron chi connectivity index (χ3n) is 3.58. The molecule has 1 aromatic heterocycles. The van der Waals surface area contributed by atoms with Crippen molar-refractivity contribution in [3.63, 3.8) is 0 Å². The minimum atomic E-state index is -0.143. The van der Waals surface area contributed by atoms with E-state index in [9.17, 15) is 4.79 Å². The predicted molar refractivity (Wildman–Crippen MR) is 90.2 cm³/mol. The zero-order valence-corrected chi connectivity index (χ0v) is 14.4. The second-order valence-electron chi connectivity index (χ2n) is 5.12. The number of anilines is 1. The SMILES string of the molecule is CCOC(=O)CCc1csc(NC2CCCC2SCC)n1. The number of esters is 1. The minimum Gasteiger partial charge on any atom is -0.466 e. The first kappa shape index (κ1) is 16.6. The standard InChI is InChI=1S/C15H24N2O2S2/c1-3-19-14(18)9-8-11-10-21-15(16-11)17-12-6-5-7-13(12)20-4-2/h10,12-13H,3-9H2,1-2H3,(H,16,17). The maximum absolute atomic E-state index is 11.4. The third kappa shape index (κ3) is 5.18. The summed E-state index contributed by atoms with van der Waals surface area (Å²) in [5.41, 5.74) is 0.980. The Morgan fingerprint density at radius 2 is 2.38 bits per heavy atom. The molecule has 0 amide bonds. The van der Waals surface area contributed by atoms with Crippen LogP contribution in [0.5, 0.6) is 0 Å². The highest BCUT2D eigenvalue weighted by Crippen LogP contribution is 2.32. The first-order chi connectivity index (χ1) is 10.2. The molecular weight excluding hydrogens is 304 g/mol. The number of aryl methyl sites for hydroxylation is 1. The molecular formula is C15H24N2O2S2. The Morgan fingerprint density at radius 3 is 3.14 bits per heavy atom. The second-order valence-corrected chi connectivity index (χ2v) is 7.50. The van der Waals surface area contributed by atoms with Gasteiger partial charge in [0.1, 0.15) is 0 Å². The lowest BCUT2D eigenvalue weighted by atomic mass is 10.2. The molecule has 0 spiro atoms. The number of nitrogens with zero attached hydrogens (tertiary/aromatic N) is 1. The normalized spacial score (nSPS) is 21.4. The number of hydrogen-bond acceptors (Lipinski definition) is 6. The Hall–Kier alpha value is -0.750. The highest BCUT2D eigenvalue weighted by Gasteiger charge is 2.27. The van der Waals surface area contributed by atoms with E-state index in [4.69, 9.17) is 4.74 Å². The van der Waals surface area contributed by atoms with Gasteiger partial charge in [0.2, 0.25) is 0 Å². The summed E-state index contributed by atoms with van der Waals surface area (Å²) in [4.78, 5) is 15.9. The van der Waals surface area contributed by atoms with E-state index < -0.39 is 0 Å². The summed E-state index contributed by atoms with van der Waals surface area (Å²) in [6.07, 6.45) is 4.91. The quantitative estimate of drug-likeness (QED) is 0.737. The number of carbonyl (C=O) groups is 1. The Labute approximate surface area is 135 Å². The summed E-state index contributed by atoms with van der Waals surface area (Å²) in [7, 11) is 0. The molecule has 118 valence electrons. The van der Waals surface area contributed by atoms with Crippen LogP contribution in [0, 0.1) is 0 Å². The largest absolute Gasteiger partial charge is 0.466 e. The number of carbonyl (C=O) groups excluding carboxylic acids is 1. The van der Waals surface area contributed by atoms with Crippen LogP contribution in [0.3, 0.4) is 0 Å². The summed E-state index contributed by atoms with van der Waals surface area (Å²) in [6, 6.07) is 0.541. The van der Waals surface area contributed by atoms with E-state index in [0.717, 1.165) is 10.8 Å². The Morgan fingerprint density at radius 1 is 1.52 bits per heavy atom. The highest BCUT2D eigenvalue weighted by molar-refractivity contribution is 7.99. The molecule has 1 N–H and O–H groups in total. The zero-order valence-electron chi connectivity index (χ0n) is 12.8. The Bertz CT molecular complexity index is 451. The second kappa shape index (κ2) is 8.63. The molecule has 0 aliphatic heterocycles. The van der Waals surface area contributed by atoms with Gasteiger partial charge in [0.05, 0.1) is 18.7 Å². The molecule has 1 aliphatic rings. The molecule has 4 nitrogen and oxygen atoms in total. The minimum absolute atomic E-state index is 0.143. The molecule has 2 atom stereocenters. The van der Waals surface area contributed by atoms with Gasteiger partial charge < -0.3 is 10.1 Å². The van der Waals surface area contributed by atoms with Crippen LogP contribution in [0.2, 0.25) is 0 Å². The van der Waals surface area contributed by atoms with Crippen molar-refractivity contribution in [1.29, 1.82) is 0 Å². The summed E-state index contributed by atoms with van der Waals surface area (Å²) >= 11 is 3.68. The van der Waals surface area contributed by atoms with Gasteiger partial charge in [-0.3, -0.25) is 4.79 Å². The van der Waals surface area contributed by atoms with Crippen LogP contribution >= 0.6 is 23.1 Å². The maximum atomic E-state index is 11.4. The molecule has 0 saturated heterocycles. The fourth-order valence-electron chi connectivity index (χ4n) is 2.61. The lowest BCUT2D eigenvalue weighted by molar-refractivity contribution is -0.143. The third-order valence-corrected chi connectivity index (χ3v) is 5.73. The average Bonchev–Trinajstić information content (AvgIpc) is 3.08. The fourth-order valence-corrected chi connectivity index (χ4v) is 4.62. The van der Waals surface area contributed by atoms with E-state index in [1.54, 1.807) is 11.3 Å². The molecule has 21 heavy (non-hydrogen) atoms. The summed E-state index contributed by atoms with van der Waals surface area (Å²) in [5.74, 6) is 1.03. The van der Waals surface area contributed by atoms with Crippen molar-refractivity contribution in [2.24, 2.45) is 0 Å². The fraction of sp³-hybridized carbons (Fsp3) is 0.733. The van der Waals surface area contributed by atoms with Crippen LogP contribution in [0.15, 0.2) is 5.38 Å². The van der Waals surface area contributed by atoms with Crippen molar-refractivity contribution < 1.29 is 9.53 Å². The molecule has 0 aromatic carbocycles. The molecule has 1 fully saturated rings. The summed E-state index contributed by atoms with van der Waals surface area (Å²) in [6.45, 7) is 4.49. The average molecular weight is 329 g/mol. The van der Waals surface area contributed by atoms with Crippen molar-refractivity contribution in [2.75, 3.05) is 17.7 Å². The summed E-state index contributed by atoms with van der Waals surface area (Å²) < 4.78 is 4.94. The first-order valence-corrected chi connectivity index (χ1v) is 9.64. The van der Waals surface area contributed by atoms with Crippen molar-refractivity contribution in [1.82, 2.24) is 4.98 Å². The van der Waals surface area contributed by atoms with Crippen molar-refractivity contribution in [3.05, 3.63) is 11.1 Å². The maximum Gasteiger partial charge on any atom is 0.306 e. The van der Waals surface area contributed by atoms with Gasteiger partial charge in [0, 0.05) is 23.1 Å². The predicted octanol–water partition coefficient (Wildman–Crippen LogP) is 3.72. The number of ether oxygens (including phenoxy) is 1. The van der Waals surface area contributed by atoms with Gasteiger partial charge in [-0.15, -0.1) is 11.3 Å². The Balaban J connectivity index is 1.81. The number of rotatable bonds is 8. The van der Waals surface area contributed by atoms with E-state index in [-0.39, 0.29) is 5.97 Å². The zero-order chi connectivity index (χ0) is 15.1. The van der Waals surface area contributed by atoms with E-state index >= 15 is 0 Å². The van der Waals surface area contributed by atoms with Crippen molar-refractivity contribution in [3.8, 4) is 0 Å². The topological polar surface area (TPSA) is 51.2 Å². The lowest BCUT2D eigenvalue weighted by Gasteiger charge is -2.19. The number of thiazole rings is 1. The molecule has 6 heteroatoms. The molecule has 1 aromatic rings. The highest BCUT2D eigenvalue weighted by atomic mass is 32.2. The molecule has 1 aliphatic carbocycles. The number of nitrogens with one attached hydrogen (secondary N) is 1. The van der Waals surface area contributed by atoms with E-state index in [1.165, 1.54) is 25.0 Å². The van der Waals surface area contributed by atoms with Crippen LogP contribution in [-0.4, -0.2) is 34.6 Å². The van der Waals surface area contributed by atoms with Crippen LogP contribution in [0.25, 0.3) is 0 Å². The van der Waals surface area contributed by atoms with Crippen molar-refractivity contribution in [2.45, 2.75) is 57.2 Å². The van der Waals surface area contributed by atoms with E-state index in [0.29, 0.717) is 30.7 Å². The molecule has 0 bridgehead atoms. The van der Waals surface area contributed by atoms with Gasteiger partial charge in [-0.2, -0.15) is 11.8 Å². The molecule has 2 unspecified atom stereocenters. The molecule has 2 rings (SSSR count). The van der Waals surface area contributed by atoms with Crippen molar-refractivity contribution >= 4 is 34.2 Å². The Kier molecular flexibility index (Phi) is 6.83. The summed E-state index contributed by atoms with van der Waals surface area (Å²) in [5, 5.41) is 7.32. The van der Waals surface area contributed by atoms with Crippen LogP contribution in [-0.2, 0) is 16.0 Å². The molecule has 1 heterocycles. The van der Waals surface area contributed by atoms with Gasteiger partial charge in [0.15, 0.2) is 5.13 Å². The smallest absolute Gasteiger partial charge is 0.306 e. The monoisotopic (exact) mass is 328 g/mol. The van der Waals surface area contributed by atoms with Crippen LogP contribution < -0.4 is 5.32 Å². The van der Waals surface area contributed by atoms with Crippen LogP contribution in [0.1, 0.15) is 45.2 Å².